The second-order valence-electron chi connectivity index (χ2n) is 14.1. The molecule has 4 heteroatoms. The van der Waals surface area contributed by atoms with Gasteiger partial charge in [0.05, 0.1) is 11.2 Å². The molecule has 1 aliphatic rings. The lowest BCUT2D eigenvalue weighted by molar-refractivity contribution is 0.728. The molecule has 0 aliphatic heterocycles. The van der Waals surface area contributed by atoms with Crippen molar-refractivity contribution in [1.82, 2.24) is 19.9 Å². The number of fused-ring (bicyclic) bond motifs is 5. The fourth-order valence-corrected chi connectivity index (χ4v) is 8.11. The number of pyridine rings is 1. The van der Waals surface area contributed by atoms with Crippen LogP contribution in [0.1, 0.15) is 29.0 Å². The maximum absolute atomic E-state index is 5.38. The number of nitrogens with zero attached hydrogens (tertiary/aromatic N) is 4. The van der Waals surface area contributed by atoms with Crippen molar-refractivity contribution in [3.63, 3.8) is 0 Å². The van der Waals surface area contributed by atoms with E-state index in [-0.39, 0.29) is 0 Å². The molecule has 260 valence electrons. The Labute approximate surface area is 320 Å². The van der Waals surface area contributed by atoms with E-state index in [1.54, 1.807) is 0 Å². The molecule has 0 fully saturated rings. The molecule has 1 aliphatic carbocycles. The number of aromatic nitrogens is 4. The summed E-state index contributed by atoms with van der Waals surface area (Å²) in [5.74, 6) is 2.27. The largest absolute Gasteiger partial charge is 0.247 e. The van der Waals surface area contributed by atoms with E-state index in [1.807, 2.05) is 60.7 Å². The lowest BCUT2D eigenvalue weighted by Crippen LogP contribution is -2.01. The summed E-state index contributed by atoms with van der Waals surface area (Å²) in [7, 11) is 0. The van der Waals surface area contributed by atoms with E-state index >= 15 is 0 Å². The third-order valence-corrected chi connectivity index (χ3v) is 10.8. The molecule has 0 N–H and O–H groups in total. The van der Waals surface area contributed by atoms with Gasteiger partial charge in [-0.2, -0.15) is 0 Å². The number of hydrogen-bond donors (Lipinski definition) is 0. The lowest BCUT2D eigenvalue weighted by Gasteiger charge is -2.19. The molecular formula is C51H36N4. The first kappa shape index (κ1) is 32.6. The number of aryl methyl sites for hydroxylation is 1. The van der Waals surface area contributed by atoms with E-state index in [0.29, 0.717) is 23.4 Å². The summed E-state index contributed by atoms with van der Waals surface area (Å²) in [4.78, 5) is 20.1. The summed E-state index contributed by atoms with van der Waals surface area (Å²) < 4.78 is 0. The van der Waals surface area contributed by atoms with Gasteiger partial charge >= 0.3 is 0 Å². The van der Waals surface area contributed by atoms with Gasteiger partial charge in [0, 0.05) is 39.1 Å². The van der Waals surface area contributed by atoms with Gasteiger partial charge in [-0.1, -0.05) is 182 Å². The fraction of sp³-hybridized carbons (Fsp3) is 0.0588. The van der Waals surface area contributed by atoms with E-state index in [2.05, 4.69) is 127 Å². The molecule has 2 aromatic heterocycles. The standard InChI is InChI=1S/C51H36N4/c1-4-14-36(15-5-1)41-32-33-45-43-21-12-13-23-46(43)52-48(47(45)44-22-11-10-20-42(41)44)37-28-24-34(25-29-37)35-26-30-40(31-27-35)51-54-49(38-16-6-2-7-17-38)53-50(55-51)39-18-8-3-9-19-39/h1-31,41H,32-33H2. The molecule has 4 nitrogen and oxygen atoms in total. The van der Waals surface area contributed by atoms with Crippen LogP contribution >= 0.6 is 0 Å². The Bertz CT molecular complexity index is 2720. The molecule has 0 saturated heterocycles. The highest BCUT2D eigenvalue weighted by molar-refractivity contribution is 5.97. The van der Waals surface area contributed by atoms with Crippen molar-refractivity contribution in [2.45, 2.75) is 18.8 Å². The number of para-hydroxylation sites is 1. The van der Waals surface area contributed by atoms with E-state index in [4.69, 9.17) is 19.9 Å². The minimum atomic E-state index is 0.314. The van der Waals surface area contributed by atoms with Gasteiger partial charge in [0.25, 0.3) is 0 Å². The van der Waals surface area contributed by atoms with Crippen molar-refractivity contribution < 1.29 is 0 Å². The average Bonchev–Trinajstić information content (AvgIpc) is 3.45. The minimum absolute atomic E-state index is 0.314. The number of benzene rings is 7. The highest BCUT2D eigenvalue weighted by Crippen LogP contribution is 2.46. The molecule has 10 rings (SSSR count). The first-order valence-corrected chi connectivity index (χ1v) is 18.9. The Morgan fingerprint density at radius 2 is 0.855 bits per heavy atom. The van der Waals surface area contributed by atoms with Crippen LogP contribution in [0.2, 0.25) is 0 Å². The zero-order valence-corrected chi connectivity index (χ0v) is 30.2. The second kappa shape index (κ2) is 14.1. The zero-order chi connectivity index (χ0) is 36.6. The topological polar surface area (TPSA) is 51.6 Å². The van der Waals surface area contributed by atoms with Gasteiger partial charge in [-0.15, -0.1) is 0 Å². The maximum Gasteiger partial charge on any atom is 0.164 e. The van der Waals surface area contributed by atoms with Crippen molar-refractivity contribution in [2.24, 2.45) is 0 Å². The van der Waals surface area contributed by atoms with Gasteiger partial charge in [0.15, 0.2) is 17.5 Å². The summed E-state index contributed by atoms with van der Waals surface area (Å²) in [6.45, 7) is 0. The van der Waals surface area contributed by atoms with Crippen LogP contribution in [0.3, 0.4) is 0 Å². The average molecular weight is 705 g/mol. The van der Waals surface area contributed by atoms with Crippen LogP contribution in [0, 0.1) is 0 Å². The fourth-order valence-electron chi connectivity index (χ4n) is 8.11. The van der Waals surface area contributed by atoms with Gasteiger partial charge in [-0.05, 0) is 52.3 Å². The maximum atomic E-state index is 5.38. The van der Waals surface area contributed by atoms with Crippen LogP contribution in [-0.4, -0.2) is 19.9 Å². The quantitative estimate of drug-likeness (QED) is 0.173. The predicted octanol–water partition coefficient (Wildman–Crippen LogP) is 12.5. The van der Waals surface area contributed by atoms with Crippen molar-refractivity contribution in [3.05, 3.63) is 205 Å². The van der Waals surface area contributed by atoms with Gasteiger partial charge in [-0.3, -0.25) is 0 Å². The molecule has 0 saturated carbocycles. The van der Waals surface area contributed by atoms with Crippen LogP contribution < -0.4 is 0 Å². The Morgan fingerprint density at radius 1 is 0.382 bits per heavy atom. The minimum Gasteiger partial charge on any atom is -0.247 e. The van der Waals surface area contributed by atoms with Crippen LogP contribution in [0.15, 0.2) is 188 Å². The highest BCUT2D eigenvalue weighted by Gasteiger charge is 2.28. The smallest absolute Gasteiger partial charge is 0.164 e. The first-order valence-electron chi connectivity index (χ1n) is 18.9. The molecule has 0 spiro atoms. The van der Waals surface area contributed by atoms with Crippen LogP contribution in [0.5, 0.6) is 0 Å². The number of hydrogen-bond acceptors (Lipinski definition) is 4. The van der Waals surface area contributed by atoms with Gasteiger partial charge in [-0.25, -0.2) is 19.9 Å². The first-order chi connectivity index (χ1) is 27.3. The summed E-state index contributed by atoms with van der Waals surface area (Å²) in [5.41, 5.74) is 14.9. The Kier molecular flexibility index (Phi) is 8.34. The normalized spacial score (nSPS) is 13.5. The van der Waals surface area contributed by atoms with Crippen LogP contribution in [-0.2, 0) is 6.42 Å². The molecule has 1 atom stereocenters. The molecule has 55 heavy (non-hydrogen) atoms. The van der Waals surface area contributed by atoms with Crippen LogP contribution in [0.4, 0.5) is 0 Å². The molecule has 9 aromatic rings. The molecule has 0 bridgehead atoms. The molecule has 0 amide bonds. The second-order valence-corrected chi connectivity index (χ2v) is 14.1. The molecule has 7 aromatic carbocycles. The lowest BCUT2D eigenvalue weighted by atomic mass is 9.85. The monoisotopic (exact) mass is 704 g/mol. The van der Waals surface area contributed by atoms with Crippen molar-refractivity contribution in [1.29, 1.82) is 0 Å². The van der Waals surface area contributed by atoms with Crippen molar-refractivity contribution >= 4 is 10.9 Å². The van der Waals surface area contributed by atoms with Gasteiger partial charge in [0.2, 0.25) is 0 Å². The summed E-state index contributed by atoms with van der Waals surface area (Å²) >= 11 is 0. The molecule has 2 heterocycles. The van der Waals surface area contributed by atoms with E-state index < -0.39 is 0 Å². The third kappa shape index (κ3) is 6.18. The predicted molar refractivity (Wildman–Crippen MR) is 224 cm³/mol. The van der Waals surface area contributed by atoms with E-state index in [0.717, 1.165) is 57.4 Å². The van der Waals surface area contributed by atoms with E-state index in [9.17, 15) is 0 Å². The Balaban J connectivity index is 1.02. The zero-order valence-electron chi connectivity index (χ0n) is 30.2. The number of rotatable bonds is 6. The summed E-state index contributed by atoms with van der Waals surface area (Å²) in [6, 6.07) is 66.1. The summed E-state index contributed by atoms with van der Waals surface area (Å²) in [6.07, 6.45) is 2.02. The highest BCUT2D eigenvalue weighted by atomic mass is 15.0. The van der Waals surface area contributed by atoms with Crippen LogP contribution in [0.25, 0.3) is 78.6 Å². The molecule has 0 radical (unpaired) electrons. The SMILES string of the molecule is c1ccc(-c2nc(-c3ccccc3)nc(-c3ccc(-c4ccc(-c5nc6ccccc6c6c5-c5ccccc5C(c5ccccc5)CC6)cc4)cc3)n2)cc1. The molecular weight excluding hydrogens is 669 g/mol. The molecule has 1 unspecified atom stereocenters. The Morgan fingerprint density at radius 3 is 1.47 bits per heavy atom. The Hall–Kier alpha value is -7.04. The van der Waals surface area contributed by atoms with Gasteiger partial charge in [0.1, 0.15) is 0 Å². The van der Waals surface area contributed by atoms with Crippen molar-refractivity contribution in [2.75, 3.05) is 0 Å². The van der Waals surface area contributed by atoms with Crippen molar-refractivity contribution in [3.8, 4) is 67.7 Å². The summed E-state index contributed by atoms with van der Waals surface area (Å²) in [5, 5.41) is 1.24. The third-order valence-electron chi connectivity index (χ3n) is 10.8. The van der Waals surface area contributed by atoms with E-state index in [1.165, 1.54) is 33.2 Å². The van der Waals surface area contributed by atoms with Gasteiger partial charge < -0.3 is 0 Å².